The third-order valence-electron chi connectivity index (χ3n) is 1.48. The first-order chi connectivity index (χ1) is 6.38. The molecular formula is C9H8BrF3S. The van der Waals surface area contributed by atoms with E-state index in [1.54, 1.807) is 12.1 Å². The molecule has 0 aliphatic rings. The highest BCUT2D eigenvalue weighted by Gasteiger charge is 2.27. The van der Waals surface area contributed by atoms with Gasteiger partial charge in [0.1, 0.15) is 0 Å². The van der Waals surface area contributed by atoms with Gasteiger partial charge in [-0.3, -0.25) is 0 Å². The maximum atomic E-state index is 11.9. The monoisotopic (exact) mass is 284 g/mol. The van der Waals surface area contributed by atoms with Gasteiger partial charge in [0.25, 0.3) is 0 Å². The molecule has 0 nitrogen and oxygen atoms in total. The number of thioether (sulfide) groups is 1. The van der Waals surface area contributed by atoms with Crippen LogP contribution in [0.25, 0.3) is 0 Å². The van der Waals surface area contributed by atoms with Gasteiger partial charge in [-0.2, -0.15) is 13.2 Å². The molecule has 0 radical (unpaired) electrons. The minimum Gasteiger partial charge on any atom is -0.170 e. The van der Waals surface area contributed by atoms with Gasteiger partial charge in [0.05, 0.1) is 5.75 Å². The van der Waals surface area contributed by atoms with Crippen LogP contribution in [0.15, 0.2) is 27.6 Å². The first-order valence-corrected chi connectivity index (χ1v) is 5.62. The predicted molar refractivity (Wildman–Crippen MR) is 55.7 cm³/mol. The van der Waals surface area contributed by atoms with Gasteiger partial charge in [-0.25, -0.2) is 0 Å². The van der Waals surface area contributed by atoms with Crippen molar-refractivity contribution in [2.24, 2.45) is 0 Å². The molecule has 1 aromatic carbocycles. The molecule has 0 fully saturated rings. The summed E-state index contributed by atoms with van der Waals surface area (Å²) >= 11 is 4.01. The molecular weight excluding hydrogens is 277 g/mol. The molecule has 1 rings (SSSR count). The largest absolute Gasteiger partial charge is 0.398 e. The zero-order chi connectivity index (χ0) is 10.8. The Morgan fingerprint density at radius 1 is 1.36 bits per heavy atom. The van der Waals surface area contributed by atoms with Gasteiger partial charge in [-0.15, -0.1) is 11.8 Å². The van der Waals surface area contributed by atoms with Gasteiger partial charge < -0.3 is 0 Å². The highest BCUT2D eigenvalue weighted by molar-refractivity contribution is 9.10. The smallest absolute Gasteiger partial charge is 0.170 e. The number of aryl methyl sites for hydroxylation is 1. The van der Waals surface area contributed by atoms with Crippen LogP contribution in [-0.2, 0) is 0 Å². The quantitative estimate of drug-likeness (QED) is 0.725. The lowest BCUT2D eigenvalue weighted by Gasteiger charge is -2.07. The fourth-order valence-corrected chi connectivity index (χ4v) is 2.27. The summed E-state index contributed by atoms with van der Waals surface area (Å²) in [5, 5.41) is 0. The molecule has 5 heteroatoms. The molecule has 0 spiro atoms. The molecule has 1 aromatic rings. The number of rotatable bonds is 2. The molecule has 0 aliphatic heterocycles. The van der Waals surface area contributed by atoms with E-state index in [1.165, 1.54) is 0 Å². The number of halogens is 4. The van der Waals surface area contributed by atoms with Crippen LogP contribution in [-0.4, -0.2) is 11.9 Å². The second-order valence-corrected chi connectivity index (χ2v) is 4.71. The predicted octanol–water partition coefficient (Wildman–Crippen LogP) is 4.41. The van der Waals surface area contributed by atoms with Crippen molar-refractivity contribution in [3.05, 3.63) is 28.2 Å². The van der Waals surface area contributed by atoms with Crippen molar-refractivity contribution in [2.45, 2.75) is 18.0 Å². The van der Waals surface area contributed by atoms with Crippen LogP contribution in [0, 0.1) is 6.92 Å². The molecule has 0 saturated carbocycles. The van der Waals surface area contributed by atoms with E-state index < -0.39 is 11.9 Å². The second-order valence-electron chi connectivity index (χ2n) is 2.84. The Morgan fingerprint density at radius 3 is 2.57 bits per heavy atom. The van der Waals surface area contributed by atoms with Crippen molar-refractivity contribution in [2.75, 3.05) is 5.75 Å². The maximum absolute atomic E-state index is 11.9. The third kappa shape index (κ3) is 3.92. The molecule has 14 heavy (non-hydrogen) atoms. The van der Waals surface area contributed by atoms with Crippen molar-refractivity contribution in [3.63, 3.8) is 0 Å². The van der Waals surface area contributed by atoms with E-state index in [4.69, 9.17) is 0 Å². The Kier molecular flexibility index (Phi) is 3.89. The molecule has 0 atom stereocenters. The van der Waals surface area contributed by atoms with Crippen LogP contribution in [0.5, 0.6) is 0 Å². The summed E-state index contributed by atoms with van der Waals surface area (Å²) in [5.74, 6) is -0.852. The summed E-state index contributed by atoms with van der Waals surface area (Å²) in [6, 6.07) is 5.34. The Morgan fingerprint density at radius 2 is 2.00 bits per heavy atom. The first-order valence-electron chi connectivity index (χ1n) is 3.84. The van der Waals surface area contributed by atoms with Crippen molar-refractivity contribution >= 4 is 27.7 Å². The summed E-state index contributed by atoms with van der Waals surface area (Å²) < 4.78 is 36.5. The van der Waals surface area contributed by atoms with Gasteiger partial charge in [0.15, 0.2) is 0 Å². The average molecular weight is 285 g/mol. The average Bonchev–Trinajstić information content (AvgIpc) is 2.05. The lowest BCUT2D eigenvalue weighted by molar-refractivity contribution is -0.105. The van der Waals surface area contributed by atoms with Gasteiger partial charge >= 0.3 is 6.18 Å². The number of alkyl halides is 3. The highest BCUT2D eigenvalue weighted by Crippen LogP contribution is 2.32. The highest BCUT2D eigenvalue weighted by atomic mass is 79.9. The summed E-state index contributed by atoms with van der Waals surface area (Å²) in [7, 11) is 0. The number of hydrogen-bond acceptors (Lipinski definition) is 1. The molecule has 0 heterocycles. The lowest BCUT2D eigenvalue weighted by atomic mass is 10.2. The maximum Gasteiger partial charge on any atom is 0.398 e. The molecule has 0 aliphatic carbocycles. The lowest BCUT2D eigenvalue weighted by Crippen LogP contribution is -2.10. The van der Waals surface area contributed by atoms with Crippen LogP contribution < -0.4 is 0 Å². The third-order valence-corrected chi connectivity index (χ3v) is 3.55. The van der Waals surface area contributed by atoms with E-state index in [2.05, 4.69) is 15.9 Å². The summed E-state index contributed by atoms with van der Waals surface area (Å²) in [4.78, 5) is 0.627. The fraction of sp³-hybridized carbons (Fsp3) is 0.333. The van der Waals surface area contributed by atoms with E-state index in [1.807, 2.05) is 13.0 Å². The van der Waals surface area contributed by atoms with Crippen LogP contribution in [0.3, 0.4) is 0 Å². The molecule has 0 aromatic heterocycles. The summed E-state index contributed by atoms with van der Waals surface area (Å²) in [5.41, 5.74) is 0.956. The number of hydrogen-bond donors (Lipinski definition) is 0. The molecule has 0 N–H and O–H groups in total. The Bertz CT molecular complexity index is 322. The normalized spacial score (nSPS) is 11.8. The summed E-state index contributed by atoms with van der Waals surface area (Å²) in [6.07, 6.45) is -4.12. The standard InChI is InChI=1S/C9H8BrF3S/c1-6-2-3-7(10)8(4-6)14-5-9(11,12)13/h2-4H,5H2,1H3. The zero-order valence-electron chi connectivity index (χ0n) is 7.36. The fourth-order valence-electron chi connectivity index (χ4n) is 0.881. The Labute approximate surface area is 93.0 Å². The van der Waals surface area contributed by atoms with E-state index in [0.29, 0.717) is 9.37 Å². The summed E-state index contributed by atoms with van der Waals surface area (Å²) in [6.45, 7) is 1.85. The van der Waals surface area contributed by atoms with Crippen molar-refractivity contribution in [1.82, 2.24) is 0 Å². The Balaban J connectivity index is 2.72. The van der Waals surface area contributed by atoms with Gasteiger partial charge in [-0.1, -0.05) is 6.07 Å². The Hall–Kier alpha value is -0.160. The van der Waals surface area contributed by atoms with Gasteiger partial charge in [-0.05, 0) is 40.5 Å². The van der Waals surface area contributed by atoms with Crippen molar-refractivity contribution < 1.29 is 13.2 Å². The van der Waals surface area contributed by atoms with Crippen LogP contribution in [0.2, 0.25) is 0 Å². The van der Waals surface area contributed by atoms with E-state index in [-0.39, 0.29) is 0 Å². The molecule has 0 bridgehead atoms. The SMILES string of the molecule is Cc1ccc(Br)c(SCC(F)(F)F)c1. The molecule has 78 valence electrons. The van der Waals surface area contributed by atoms with E-state index in [9.17, 15) is 13.2 Å². The van der Waals surface area contributed by atoms with Gasteiger partial charge in [0, 0.05) is 9.37 Å². The van der Waals surface area contributed by atoms with Crippen LogP contribution in [0.1, 0.15) is 5.56 Å². The van der Waals surface area contributed by atoms with Gasteiger partial charge in [0.2, 0.25) is 0 Å². The minimum atomic E-state index is -4.12. The van der Waals surface area contributed by atoms with E-state index >= 15 is 0 Å². The second kappa shape index (κ2) is 4.57. The molecule has 0 saturated heterocycles. The first kappa shape index (κ1) is 11.9. The zero-order valence-corrected chi connectivity index (χ0v) is 9.76. The minimum absolute atomic E-state index is 0.627. The van der Waals surface area contributed by atoms with E-state index in [0.717, 1.165) is 17.3 Å². The van der Waals surface area contributed by atoms with Crippen LogP contribution in [0.4, 0.5) is 13.2 Å². The van der Waals surface area contributed by atoms with Crippen molar-refractivity contribution in [3.8, 4) is 0 Å². The van der Waals surface area contributed by atoms with Crippen LogP contribution >= 0.6 is 27.7 Å². The van der Waals surface area contributed by atoms with Crippen molar-refractivity contribution in [1.29, 1.82) is 0 Å². The molecule has 0 amide bonds. The number of benzene rings is 1. The molecule has 0 unspecified atom stereocenters. The topological polar surface area (TPSA) is 0 Å².